The Kier molecular flexibility index (Phi) is 7.49. The van der Waals surface area contributed by atoms with Gasteiger partial charge in [0.25, 0.3) is 0 Å². The summed E-state index contributed by atoms with van der Waals surface area (Å²) >= 11 is 5.71. The van der Waals surface area contributed by atoms with Crippen molar-refractivity contribution in [1.29, 1.82) is 0 Å². The number of aliphatic carboxylic acids is 1. The van der Waals surface area contributed by atoms with Gasteiger partial charge in [0.1, 0.15) is 6.04 Å². The standard InChI is InChI=1S/C14H15ClF3N3O4/c15-9-3-1-8(2-4-9)6-19-13(25)20-7-11(22)21-10(12(23)24)5-14(16,17)18/h1-4,10H,5-7H2,(H,21,22)(H,23,24)(H2,19,20,25). The number of hydrogen-bond donors (Lipinski definition) is 4. The number of halogens is 4. The molecule has 1 aromatic rings. The van der Waals surface area contributed by atoms with Crippen molar-refractivity contribution in [1.82, 2.24) is 16.0 Å². The molecule has 0 radical (unpaired) electrons. The second-order valence-electron chi connectivity index (χ2n) is 4.94. The number of rotatable bonds is 7. The van der Waals surface area contributed by atoms with Crippen molar-refractivity contribution in [2.45, 2.75) is 25.2 Å². The van der Waals surface area contributed by atoms with E-state index in [1.807, 2.05) is 0 Å². The molecule has 0 saturated heterocycles. The van der Waals surface area contributed by atoms with Gasteiger partial charge in [0.15, 0.2) is 0 Å². The van der Waals surface area contributed by atoms with E-state index in [1.54, 1.807) is 29.6 Å². The summed E-state index contributed by atoms with van der Waals surface area (Å²) in [6.07, 6.45) is -6.46. The Hall–Kier alpha value is -2.49. The van der Waals surface area contributed by atoms with Crippen LogP contribution in [0.25, 0.3) is 0 Å². The van der Waals surface area contributed by atoms with Crippen LogP contribution in [0.1, 0.15) is 12.0 Å². The minimum atomic E-state index is -4.75. The highest BCUT2D eigenvalue weighted by Gasteiger charge is 2.36. The predicted molar refractivity (Wildman–Crippen MR) is 81.9 cm³/mol. The minimum absolute atomic E-state index is 0.135. The molecule has 0 heterocycles. The molecule has 0 aliphatic rings. The number of carboxylic acid groups (broad SMARTS) is 1. The molecule has 1 unspecified atom stereocenters. The first kappa shape index (κ1) is 20.6. The number of nitrogens with one attached hydrogen (secondary N) is 3. The molecule has 0 bridgehead atoms. The van der Waals surface area contributed by atoms with E-state index in [-0.39, 0.29) is 6.54 Å². The fraction of sp³-hybridized carbons (Fsp3) is 0.357. The van der Waals surface area contributed by atoms with E-state index in [1.165, 1.54) is 0 Å². The third-order valence-corrected chi connectivity index (χ3v) is 3.10. The average Bonchev–Trinajstić information content (AvgIpc) is 2.50. The zero-order chi connectivity index (χ0) is 19.0. The fourth-order valence-electron chi connectivity index (χ4n) is 1.68. The minimum Gasteiger partial charge on any atom is -0.480 e. The first-order valence-electron chi connectivity index (χ1n) is 6.92. The van der Waals surface area contributed by atoms with Crippen LogP contribution in [-0.4, -0.2) is 41.8 Å². The fourth-order valence-corrected chi connectivity index (χ4v) is 1.81. The van der Waals surface area contributed by atoms with Crippen molar-refractivity contribution in [3.63, 3.8) is 0 Å². The zero-order valence-corrected chi connectivity index (χ0v) is 13.4. The van der Waals surface area contributed by atoms with E-state index in [0.29, 0.717) is 5.02 Å². The smallest absolute Gasteiger partial charge is 0.391 e. The lowest BCUT2D eigenvalue weighted by molar-refractivity contribution is -0.159. The second-order valence-corrected chi connectivity index (χ2v) is 5.38. The Morgan fingerprint density at radius 1 is 1.12 bits per heavy atom. The predicted octanol–water partition coefficient (Wildman–Crippen LogP) is 1.66. The van der Waals surface area contributed by atoms with Crippen LogP contribution >= 0.6 is 11.6 Å². The van der Waals surface area contributed by atoms with Crippen molar-refractivity contribution in [3.05, 3.63) is 34.9 Å². The van der Waals surface area contributed by atoms with Crippen LogP contribution in [0.4, 0.5) is 18.0 Å². The maximum atomic E-state index is 12.2. The van der Waals surface area contributed by atoms with Crippen LogP contribution < -0.4 is 16.0 Å². The molecule has 0 aromatic heterocycles. The van der Waals surface area contributed by atoms with Gasteiger partial charge in [-0.2, -0.15) is 13.2 Å². The molecule has 0 fully saturated rings. The number of hydrogen-bond acceptors (Lipinski definition) is 3. The van der Waals surface area contributed by atoms with E-state index >= 15 is 0 Å². The highest BCUT2D eigenvalue weighted by atomic mass is 35.5. The van der Waals surface area contributed by atoms with E-state index in [2.05, 4.69) is 10.6 Å². The summed E-state index contributed by atoms with van der Waals surface area (Å²) in [5.41, 5.74) is 0.736. The Balaban J connectivity index is 2.37. The Labute approximate surface area is 145 Å². The molecule has 0 aliphatic heterocycles. The number of urea groups is 1. The van der Waals surface area contributed by atoms with Gasteiger partial charge in [0.2, 0.25) is 5.91 Å². The third-order valence-electron chi connectivity index (χ3n) is 2.84. The van der Waals surface area contributed by atoms with Gasteiger partial charge in [-0.25, -0.2) is 9.59 Å². The summed E-state index contributed by atoms with van der Waals surface area (Å²) in [6.45, 7) is -0.537. The van der Waals surface area contributed by atoms with Crippen molar-refractivity contribution in [2.75, 3.05) is 6.54 Å². The normalized spacial score (nSPS) is 12.2. The lowest BCUT2D eigenvalue weighted by atomic mass is 10.2. The van der Waals surface area contributed by atoms with Gasteiger partial charge in [-0.05, 0) is 17.7 Å². The van der Waals surface area contributed by atoms with E-state index in [4.69, 9.17) is 16.7 Å². The molecule has 25 heavy (non-hydrogen) atoms. The van der Waals surface area contributed by atoms with E-state index in [9.17, 15) is 27.6 Å². The van der Waals surface area contributed by atoms with Crippen LogP contribution in [0.3, 0.4) is 0 Å². The average molecular weight is 382 g/mol. The molecule has 1 rings (SSSR count). The van der Waals surface area contributed by atoms with Gasteiger partial charge in [-0.15, -0.1) is 0 Å². The van der Waals surface area contributed by atoms with E-state index < -0.39 is 43.1 Å². The highest BCUT2D eigenvalue weighted by Crippen LogP contribution is 2.21. The number of amides is 3. The van der Waals surface area contributed by atoms with Crippen LogP contribution in [0.15, 0.2) is 24.3 Å². The van der Waals surface area contributed by atoms with Gasteiger partial charge in [-0.1, -0.05) is 23.7 Å². The maximum Gasteiger partial charge on any atom is 0.391 e. The number of alkyl halides is 3. The SMILES string of the molecule is O=C(CNC(=O)NCc1ccc(Cl)cc1)NC(CC(F)(F)F)C(=O)O. The lowest BCUT2D eigenvalue weighted by Crippen LogP contribution is -2.48. The van der Waals surface area contributed by atoms with Crippen LogP contribution in [-0.2, 0) is 16.1 Å². The largest absolute Gasteiger partial charge is 0.480 e. The number of carboxylic acids is 1. The lowest BCUT2D eigenvalue weighted by Gasteiger charge is -2.16. The Morgan fingerprint density at radius 2 is 1.72 bits per heavy atom. The molecule has 0 spiro atoms. The van der Waals surface area contributed by atoms with Crippen LogP contribution in [0.5, 0.6) is 0 Å². The molecule has 4 N–H and O–H groups in total. The first-order chi connectivity index (χ1) is 11.6. The molecular formula is C14H15ClF3N3O4. The van der Waals surface area contributed by atoms with Gasteiger partial charge in [-0.3, -0.25) is 4.79 Å². The number of carbonyl (C=O) groups is 3. The second kappa shape index (κ2) is 9.11. The van der Waals surface area contributed by atoms with Crippen LogP contribution in [0, 0.1) is 0 Å². The van der Waals surface area contributed by atoms with Crippen molar-refractivity contribution >= 4 is 29.5 Å². The molecule has 11 heteroatoms. The summed E-state index contributed by atoms with van der Waals surface area (Å²) in [4.78, 5) is 33.7. The number of carbonyl (C=O) groups excluding carboxylic acids is 2. The molecule has 3 amide bonds. The highest BCUT2D eigenvalue weighted by molar-refractivity contribution is 6.30. The molecule has 1 aromatic carbocycles. The first-order valence-corrected chi connectivity index (χ1v) is 7.29. The third kappa shape index (κ3) is 8.80. The van der Waals surface area contributed by atoms with Crippen molar-refractivity contribution < 1.29 is 32.7 Å². The molecule has 138 valence electrons. The summed E-state index contributed by atoms with van der Waals surface area (Å²) in [6, 6.07) is 3.72. The monoisotopic (exact) mass is 381 g/mol. The summed E-state index contributed by atoms with van der Waals surface area (Å²) < 4.78 is 36.6. The van der Waals surface area contributed by atoms with Crippen LogP contribution in [0.2, 0.25) is 5.02 Å². The van der Waals surface area contributed by atoms with Crippen molar-refractivity contribution in [2.24, 2.45) is 0 Å². The van der Waals surface area contributed by atoms with Gasteiger partial charge in [0.05, 0.1) is 13.0 Å². The summed E-state index contributed by atoms with van der Waals surface area (Å²) in [5.74, 6) is -2.88. The maximum absolute atomic E-state index is 12.2. The van der Waals surface area contributed by atoms with E-state index in [0.717, 1.165) is 5.56 Å². The van der Waals surface area contributed by atoms with Crippen molar-refractivity contribution in [3.8, 4) is 0 Å². The molecule has 1 atom stereocenters. The quantitative estimate of drug-likeness (QED) is 0.576. The molecule has 7 nitrogen and oxygen atoms in total. The zero-order valence-electron chi connectivity index (χ0n) is 12.7. The van der Waals surface area contributed by atoms with Gasteiger partial charge in [0, 0.05) is 11.6 Å². The molecular weight excluding hydrogens is 367 g/mol. The Morgan fingerprint density at radius 3 is 2.24 bits per heavy atom. The van der Waals surface area contributed by atoms with Gasteiger partial charge < -0.3 is 21.1 Å². The molecule has 0 saturated carbocycles. The summed E-state index contributed by atoms with van der Waals surface area (Å²) in [5, 5.41) is 15.4. The Bertz CT molecular complexity index is 623. The molecule has 0 aliphatic carbocycles. The summed E-state index contributed by atoms with van der Waals surface area (Å²) in [7, 11) is 0. The van der Waals surface area contributed by atoms with Gasteiger partial charge >= 0.3 is 18.2 Å². The topological polar surface area (TPSA) is 108 Å². The number of benzene rings is 1.